The lowest BCUT2D eigenvalue weighted by atomic mass is 9.73. The molecule has 0 bridgehead atoms. The molecule has 2 aromatic rings. The number of ether oxygens (including phenoxy) is 1. The SMILES string of the molecule is CSc1cc(OC[C@@H]2[C@H]3CC[C@H](c4nc(CO)cs4)C[C@H]3C[C@@H]2O)ccc1C. The van der Waals surface area contributed by atoms with Crippen molar-refractivity contribution in [2.75, 3.05) is 12.9 Å². The van der Waals surface area contributed by atoms with E-state index in [0.717, 1.165) is 42.1 Å². The van der Waals surface area contributed by atoms with Crippen LogP contribution in [0.1, 0.15) is 47.9 Å². The molecule has 6 heteroatoms. The van der Waals surface area contributed by atoms with Crippen LogP contribution in [0.2, 0.25) is 0 Å². The summed E-state index contributed by atoms with van der Waals surface area (Å²) in [6, 6.07) is 6.25. The first kappa shape index (κ1) is 20.2. The first-order chi connectivity index (χ1) is 13.6. The summed E-state index contributed by atoms with van der Waals surface area (Å²) < 4.78 is 6.12. The number of aliphatic hydroxyl groups is 2. The third kappa shape index (κ3) is 4.11. The van der Waals surface area contributed by atoms with E-state index in [1.54, 1.807) is 23.1 Å². The van der Waals surface area contributed by atoms with Crippen LogP contribution >= 0.6 is 23.1 Å². The Morgan fingerprint density at radius 3 is 2.89 bits per heavy atom. The van der Waals surface area contributed by atoms with E-state index in [0.29, 0.717) is 24.4 Å². The number of thioether (sulfide) groups is 1. The second-order valence-corrected chi connectivity index (χ2v) is 9.92. The van der Waals surface area contributed by atoms with Crippen molar-refractivity contribution in [3.8, 4) is 5.75 Å². The van der Waals surface area contributed by atoms with Gasteiger partial charge in [0.05, 0.1) is 30.0 Å². The summed E-state index contributed by atoms with van der Waals surface area (Å²) in [4.78, 5) is 5.83. The van der Waals surface area contributed by atoms with E-state index in [2.05, 4.69) is 30.3 Å². The van der Waals surface area contributed by atoms with Crippen LogP contribution < -0.4 is 4.74 Å². The molecule has 2 saturated carbocycles. The fourth-order valence-corrected chi connectivity index (χ4v) is 6.60. The Morgan fingerprint density at radius 1 is 1.29 bits per heavy atom. The summed E-state index contributed by atoms with van der Waals surface area (Å²) in [6.07, 6.45) is 6.02. The maximum Gasteiger partial charge on any atom is 0.120 e. The molecule has 1 aromatic carbocycles. The van der Waals surface area contributed by atoms with Gasteiger partial charge in [-0.2, -0.15) is 0 Å². The van der Waals surface area contributed by atoms with Gasteiger partial charge >= 0.3 is 0 Å². The molecule has 2 aliphatic carbocycles. The van der Waals surface area contributed by atoms with E-state index in [1.165, 1.54) is 10.5 Å². The van der Waals surface area contributed by atoms with Crippen molar-refractivity contribution in [1.82, 2.24) is 4.98 Å². The average molecular weight is 420 g/mol. The fraction of sp³-hybridized carbons (Fsp3) is 0.591. The van der Waals surface area contributed by atoms with Crippen LogP contribution in [-0.4, -0.2) is 34.2 Å². The number of hydrogen-bond donors (Lipinski definition) is 2. The van der Waals surface area contributed by atoms with Crippen molar-refractivity contribution < 1.29 is 14.9 Å². The average Bonchev–Trinajstić information content (AvgIpc) is 3.30. The largest absolute Gasteiger partial charge is 0.493 e. The summed E-state index contributed by atoms with van der Waals surface area (Å²) in [5.41, 5.74) is 2.05. The highest BCUT2D eigenvalue weighted by Crippen LogP contribution is 2.50. The molecule has 0 aliphatic heterocycles. The fourth-order valence-electron chi connectivity index (χ4n) is 5.02. The minimum absolute atomic E-state index is 0.0185. The van der Waals surface area contributed by atoms with E-state index < -0.39 is 0 Å². The van der Waals surface area contributed by atoms with Crippen molar-refractivity contribution in [1.29, 1.82) is 0 Å². The normalized spacial score (nSPS) is 29.6. The van der Waals surface area contributed by atoms with Gasteiger partial charge in [0.25, 0.3) is 0 Å². The van der Waals surface area contributed by atoms with E-state index in [-0.39, 0.29) is 18.6 Å². The predicted octanol–water partition coefficient (Wildman–Crippen LogP) is 4.63. The number of aryl methyl sites for hydroxylation is 1. The van der Waals surface area contributed by atoms with Crippen LogP contribution in [0.15, 0.2) is 28.5 Å². The maximum atomic E-state index is 10.7. The first-order valence-electron chi connectivity index (χ1n) is 10.1. The zero-order valence-electron chi connectivity index (χ0n) is 16.5. The maximum absolute atomic E-state index is 10.7. The third-order valence-electron chi connectivity index (χ3n) is 6.53. The minimum Gasteiger partial charge on any atom is -0.493 e. The smallest absolute Gasteiger partial charge is 0.120 e. The molecule has 4 rings (SSSR count). The van der Waals surface area contributed by atoms with Gasteiger partial charge in [-0.3, -0.25) is 0 Å². The van der Waals surface area contributed by atoms with Crippen molar-refractivity contribution in [2.24, 2.45) is 17.8 Å². The van der Waals surface area contributed by atoms with Gasteiger partial charge in [0, 0.05) is 22.1 Å². The molecule has 1 heterocycles. The number of hydrogen-bond acceptors (Lipinski definition) is 6. The Morgan fingerprint density at radius 2 is 2.14 bits per heavy atom. The summed E-state index contributed by atoms with van der Waals surface area (Å²) in [5, 5.41) is 23.1. The number of aliphatic hydroxyl groups excluding tert-OH is 2. The Labute approximate surface area is 175 Å². The standard InChI is InChI=1S/C22H29NO3S2/c1-13-3-5-17(9-21(13)27-2)26-11-19-18-6-4-14(7-15(18)8-20(19)25)22-23-16(10-24)12-28-22/h3,5,9,12,14-15,18-20,24-25H,4,6-8,10-11H2,1-2H3/t14-,15-,18-,19+,20-/m0/s1. The van der Waals surface area contributed by atoms with Gasteiger partial charge in [-0.05, 0) is 68.4 Å². The van der Waals surface area contributed by atoms with Crippen molar-refractivity contribution in [2.45, 2.75) is 56.1 Å². The number of rotatable bonds is 6. The lowest BCUT2D eigenvalue weighted by Gasteiger charge is -2.33. The van der Waals surface area contributed by atoms with Gasteiger partial charge < -0.3 is 14.9 Å². The van der Waals surface area contributed by atoms with Crippen LogP contribution in [0.5, 0.6) is 5.75 Å². The summed E-state index contributed by atoms with van der Waals surface area (Å²) in [5.74, 6) is 2.67. The van der Waals surface area contributed by atoms with Gasteiger partial charge in [0.15, 0.2) is 0 Å². The molecule has 0 amide bonds. The third-order valence-corrected chi connectivity index (χ3v) is 8.47. The van der Waals surface area contributed by atoms with E-state index >= 15 is 0 Å². The summed E-state index contributed by atoms with van der Waals surface area (Å²) in [6.45, 7) is 2.73. The first-order valence-corrected chi connectivity index (χ1v) is 12.2. The number of aromatic nitrogens is 1. The number of benzene rings is 1. The summed E-state index contributed by atoms with van der Waals surface area (Å²) in [7, 11) is 0. The molecule has 1 aromatic heterocycles. The monoisotopic (exact) mass is 419 g/mol. The molecule has 0 unspecified atom stereocenters. The van der Waals surface area contributed by atoms with Crippen LogP contribution in [0.4, 0.5) is 0 Å². The van der Waals surface area contributed by atoms with Gasteiger partial charge in [0.1, 0.15) is 5.75 Å². The molecular formula is C22H29NO3S2. The summed E-state index contributed by atoms with van der Waals surface area (Å²) >= 11 is 3.41. The molecule has 2 fully saturated rings. The van der Waals surface area contributed by atoms with Crippen LogP contribution in [0.25, 0.3) is 0 Å². The highest BCUT2D eigenvalue weighted by Gasteiger charge is 2.46. The quantitative estimate of drug-likeness (QED) is 0.669. The molecule has 4 nitrogen and oxygen atoms in total. The van der Waals surface area contributed by atoms with E-state index in [9.17, 15) is 10.2 Å². The van der Waals surface area contributed by atoms with E-state index in [4.69, 9.17) is 4.74 Å². The second-order valence-electron chi connectivity index (χ2n) is 8.18. The number of thiazole rings is 1. The molecule has 0 radical (unpaired) electrons. The Kier molecular flexibility index (Phi) is 6.30. The second kappa shape index (κ2) is 8.74. The molecular weight excluding hydrogens is 390 g/mol. The van der Waals surface area contributed by atoms with Gasteiger partial charge in [0.2, 0.25) is 0 Å². The molecule has 0 spiro atoms. The Bertz CT molecular complexity index is 809. The van der Waals surface area contributed by atoms with Crippen molar-refractivity contribution in [3.05, 3.63) is 39.8 Å². The molecule has 2 N–H and O–H groups in total. The van der Waals surface area contributed by atoms with Gasteiger partial charge in [-0.25, -0.2) is 4.98 Å². The molecule has 28 heavy (non-hydrogen) atoms. The van der Waals surface area contributed by atoms with Crippen molar-refractivity contribution in [3.63, 3.8) is 0 Å². The Balaban J connectivity index is 1.38. The molecule has 0 saturated heterocycles. The predicted molar refractivity (Wildman–Crippen MR) is 114 cm³/mol. The van der Waals surface area contributed by atoms with Crippen LogP contribution in [-0.2, 0) is 6.61 Å². The topological polar surface area (TPSA) is 62.6 Å². The van der Waals surface area contributed by atoms with Crippen molar-refractivity contribution >= 4 is 23.1 Å². The molecule has 5 atom stereocenters. The van der Waals surface area contributed by atoms with Gasteiger partial charge in [-0.1, -0.05) is 6.07 Å². The van der Waals surface area contributed by atoms with Crippen LogP contribution in [0, 0.1) is 24.7 Å². The minimum atomic E-state index is -0.275. The Hall–Kier alpha value is -1.08. The van der Waals surface area contributed by atoms with Gasteiger partial charge in [-0.15, -0.1) is 23.1 Å². The molecule has 2 aliphatic rings. The molecule has 152 valence electrons. The lowest BCUT2D eigenvalue weighted by Crippen LogP contribution is -2.29. The zero-order chi connectivity index (χ0) is 19.7. The zero-order valence-corrected chi connectivity index (χ0v) is 18.1. The highest BCUT2D eigenvalue weighted by molar-refractivity contribution is 7.98. The van der Waals surface area contributed by atoms with Crippen LogP contribution in [0.3, 0.4) is 0 Å². The lowest BCUT2D eigenvalue weighted by molar-refractivity contribution is 0.0739. The number of fused-ring (bicyclic) bond motifs is 1. The number of nitrogens with zero attached hydrogens (tertiary/aromatic N) is 1. The van der Waals surface area contributed by atoms with E-state index in [1.807, 2.05) is 11.4 Å². The highest BCUT2D eigenvalue weighted by atomic mass is 32.2.